The van der Waals surface area contributed by atoms with Crippen molar-refractivity contribution in [2.75, 3.05) is 0 Å². The van der Waals surface area contributed by atoms with E-state index in [4.69, 9.17) is 5.11 Å². The first kappa shape index (κ1) is 17.7. The van der Waals surface area contributed by atoms with Gasteiger partial charge in [-0.15, -0.1) is 0 Å². The minimum atomic E-state index is -0.988. The molecule has 7 nitrogen and oxygen atoms in total. The van der Waals surface area contributed by atoms with Crippen molar-refractivity contribution < 1.29 is 9.90 Å². The number of hydrogen-bond acceptors (Lipinski definition) is 4. The van der Waals surface area contributed by atoms with Crippen LogP contribution in [0.2, 0.25) is 0 Å². The second-order valence-electron chi connectivity index (χ2n) is 5.59. The molecule has 0 bridgehead atoms. The van der Waals surface area contributed by atoms with Gasteiger partial charge in [-0.2, -0.15) is 0 Å². The fourth-order valence-corrected chi connectivity index (χ4v) is 2.48. The van der Waals surface area contributed by atoms with Crippen LogP contribution in [0, 0.1) is 0 Å². The van der Waals surface area contributed by atoms with Crippen LogP contribution in [0.25, 0.3) is 0 Å². The first-order valence-electron chi connectivity index (χ1n) is 7.96. The minimum Gasteiger partial charge on any atom is -0.481 e. The third-order valence-corrected chi connectivity index (χ3v) is 3.66. The Labute approximate surface area is 140 Å². The standard InChI is InChI=1S/C17H22N4O3/c1-3-4-8-13(19-11-12-7-5-6-9-18-12)16-14(10-15(22)23)20-21(2)17(16)24/h5-7,9,20H,3-4,8,10-11H2,1-2H3,(H,22,23). The van der Waals surface area contributed by atoms with E-state index in [9.17, 15) is 9.59 Å². The largest absolute Gasteiger partial charge is 0.481 e. The van der Waals surface area contributed by atoms with Crippen LogP contribution < -0.4 is 5.56 Å². The predicted octanol–water partition coefficient (Wildman–Crippen LogP) is 1.91. The Balaban J connectivity index is 2.40. The molecule has 0 aromatic carbocycles. The van der Waals surface area contributed by atoms with Gasteiger partial charge >= 0.3 is 5.97 Å². The van der Waals surface area contributed by atoms with Gasteiger partial charge in [0.2, 0.25) is 0 Å². The monoisotopic (exact) mass is 330 g/mol. The van der Waals surface area contributed by atoms with Gasteiger partial charge in [-0.1, -0.05) is 19.4 Å². The molecule has 2 rings (SSSR count). The zero-order valence-electron chi connectivity index (χ0n) is 14.0. The molecule has 2 aromatic heterocycles. The molecule has 2 aromatic rings. The molecule has 128 valence electrons. The molecule has 0 fully saturated rings. The normalized spacial score (nSPS) is 11.7. The Bertz CT molecular complexity index is 775. The molecule has 0 amide bonds. The summed E-state index contributed by atoms with van der Waals surface area (Å²) < 4.78 is 1.30. The zero-order chi connectivity index (χ0) is 17.5. The van der Waals surface area contributed by atoms with Crippen molar-refractivity contribution in [1.29, 1.82) is 0 Å². The molecule has 24 heavy (non-hydrogen) atoms. The number of unbranched alkanes of at least 4 members (excludes halogenated alkanes) is 1. The zero-order valence-corrected chi connectivity index (χ0v) is 14.0. The lowest BCUT2D eigenvalue weighted by Gasteiger charge is -2.06. The average Bonchev–Trinajstić information content (AvgIpc) is 2.82. The number of rotatable bonds is 8. The van der Waals surface area contributed by atoms with Crippen molar-refractivity contribution in [3.05, 3.63) is 51.7 Å². The highest BCUT2D eigenvalue weighted by atomic mass is 16.4. The Kier molecular flexibility index (Phi) is 6.06. The van der Waals surface area contributed by atoms with E-state index in [0.717, 1.165) is 18.5 Å². The van der Waals surface area contributed by atoms with Crippen LogP contribution in [0.1, 0.15) is 43.1 Å². The van der Waals surface area contributed by atoms with Crippen LogP contribution in [-0.4, -0.2) is 31.6 Å². The minimum absolute atomic E-state index is 0.236. The van der Waals surface area contributed by atoms with Crippen LogP contribution in [-0.2, 0) is 24.8 Å². The maximum absolute atomic E-state index is 12.4. The van der Waals surface area contributed by atoms with Crippen LogP contribution in [0.4, 0.5) is 0 Å². The molecule has 0 unspecified atom stereocenters. The van der Waals surface area contributed by atoms with E-state index in [1.807, 2.05) is 18.2 Å². The summed E-state index contributed by atoms with van der Waals surface area (Å²) in [6.07, 6.45) is 3.93. The molecule has 0 saturated heterocycles. The lowest BCUT2D eigenvalue weighted by Crippen LogP contribution is -2.20. The van der Waals surface area contributed by atoms with E-state index >= 15 is 0 Å². The number of aliphatic carboxylic acids is 1. The van der Waals surface area contributed by atoms with Crippen LogP contribution >= 0.6 is 0 Å². The highest BCUT2D eigenvalue weighted by Crippen LogP contribution is 2.11. The first-order chi connectivity index (χ1) is 11.5. The van der Waals surface area contributed by atoms with Gasteiger partial charge in [0.1, 0.15) is 0 Å². The number of carboxylic acid groups (broad SMARTS) is 1. The van der Waals surface area contributed by atoms with E-state index in [-0.39, 0.29) is 12.0 Å². The Morgan fingerprint density at radius 3 is 2.83 bits per heavy atom. The predicted molar refractivity (Wildman–Crippen MR) is 91.4 cm³/mol. The van der Waals surface area contributed by atoms with Gasteiger partial charge in [0.25, 0.3) is 5.56 Å². The average molecular weight is 330 g/mol. The van der Waals surface area contributed by atoms with Gasteiger partial charge in [0.05, 0.1) is 29.9 Å². The summed E-state index contributed by atoms with van der Waals surface area (Å²) in [5, 5.41) is 11.9. The lowest BCUT2D eigenvalue weighted by atomic mass is 10.0. The third-order valence-electron chi connectivity index (χ3n) is 3.66. The number of nitrogens with zero attached hydrogens (tertiary/aromatic N) is 3. The maximum Gasteiger partial charge on any atom is 0.309 e. The van der Waals surface area contributed by atoms with Crippen molar-refractivity contribution in [1.82, 2.24) is 14.8 Å². The number of carboxylic acids is 1. The van der Waals surface area contributed by atoms with E-state index in [1.165, 1.54) is 4.68 Å². The molecule has 2 heterocycles. The quantitative estimate of drug-likeness (QED) is 0.722. The molecule has 0 radical (unpaired) electrons. The number of nitrogens with one attached hydrogen (secondary N) is 1. The van der Waals surface area contributed by atoms with E-state index in [2.05, 4.69) is 22.0 Å². The Morgan fingerprint density at radius 1 is 1.42 bits per heavy atom. The number of aliphatic imine (C=N–C) groups is 1. The Morgan fingerprint density at radius 2 is 2.21 bits per heavy atom. The van der Waals surface area contributed by atoms with E-state index in [1.54, 1.807) is 13.2 Å². The second-order valence-corrected chi connectivity index (χ2v) is 5.59. The number of H-pyrrole nitrogens is 1. The first-order valence-corrected chi connectivity index (χ1v) is 7.96. The molecule has 0 saturated carbocycles. The van der Waals surface area contributed by atoms with Gasteiger partial charge in [0.15, 0.2) is 0 Å². The number of hydrogen-bond donors (Lipinski definition) is 2. The number of aromatic nitrogens is 3. The summed E-state index contributed by atoms with van der Waals surface area (Å²) in [6, 6.07) is 5.58. The summed E-state index contributed by atoms with van der Waals surface area (Å²) in [7, 11) is 1.58. The van der Waals surface area contributed by atoms with Gasteiger partial charge in [-0.25, -0.2) is 0 Å². The SMILES string of the molecule is CCCCC(=NCc1ccccn1)c1c(CC(=O)O)[nH]n(C)c1=O. The summed E-state index contributed by atoms with van der Waals surface area (Å²) in [5.74, 6) is -0.988. The fourth-order valence-electron chi connectivity index (χ4n) is 2.48. The highest BCUT2D eigenvalue weighted by molar-refractivity contribution is 6.01. The highest BCUT2D eigenvalue weighted by Gasteiger charge is 2.19. The molecule has 7 heteroatoms. The molecule has 0 aliphatic carbocycles. The van der Waals surface area contributed by atoms with Crippen molar-refractivity contribution in [3.63, 3.8) is 0 Å². The molecular formula is C17H22N4O3. The third kappa shape index (κ3) is 4.41. The smallest absolute Gasteiger partial charge is 0.309 e. The molecule has 2 N–H and O–H groups in total. The van der Waals surface area contributed by atoms with Crippen molar-refractivity contribution in [2.45, 2.75) is 39.2 Å². The van der Waals surface area contributed by atoms with Crippen molar-refractivity contribution in [2.24, 2.45) is 12.0 Å². The number of pyridine rings is 1. The fraction of sp³-hybridized carbons (Fsp3) is 0.412. The van der Waals surface area contributed by atoms with E-state index < -0.39 is 5.97 Å². The van der Waals surface area contributed by atoms with Crippen molar-refractivity contribution >= 4 is 11.7 Å². The van der Waals surface area contributed by atoms with Gasteiger partial charge in [-0.05, 0) is 25.0 Å². The maximum atomic E-state index is 12.4. The van der Waals surface area contributed by atoms with Gasteiger partial charge in [0, 0.05) is 19.0 Å². The molecule has 0 aliphatic heterocycles. The van der Waals surface area contributed by atoms with Crippen LogP contribution in [0.5, 0.6) is 0 Å². The van der Waals surface area contributed by atoms with Crippen LogP contribution in [0.15, 0.2) is 34.2 Å². The molecule has 0 spiro atoms. The van der Waals surface area contributed by atoms with E-state index in [0.29, 0.717) is 29.9 Å². The van der Waals surface area contributed by atoms with Gasteiger partial charge < -0.3 is 5.11 Å². The summed E-state index contributed by atoms with van der Waals surface area (Å²) >= 11 is 0. The summed E-state index contributed by atoms with van der Waals surface area (Å²) in [4.78, 5) is 32.3. The molecular weight excluding hydrogens is 308 g/mol. The topological polar surface area (TPSA) is 100 Å². The van der Waals surface area contributed by atoms with Crippen LogP contribution in [0.3, 0.4) is 0 Å². The Hall–Kier alpha value is -2.70. The molecule has 0 atom stereocenters. The summed E-state index contributed by atoms with van der Waals surface area (Å²) in [6.45, 7) is 2.42. The second kappa shape index (κ2) is 8.24. The number of carbonyl (C=O) groups is 1. The molecule has 0 aliphatic rings. The summed E-state index contributed by atoms with van der Waals surface area (Å²) in [5.41, 5.74) is 1.97. The number of aromatic amines is 1. The van der Waals surface area contributed by atoms with Gasteiger partial charge in [-0.3, -0.25) is 29.3 Å². The lowest BCUT2D eigenvalue weighted by molar-refractivity contribution is -0.136. The van der Waals surface area contributed by atoms with Crippen molar-refractivity contribution in [3.8, 4) is 0 Å². The number of aryl methyl sites for hydroxylation is 1.